The van der Waals surface area contributed by atoms with E-state index in [0.29, 0.717) is 15.6 Å². The van der Waals surface area contributed by atoms with Gasteiger partial charge in [-0.15, -0.1) is 0 Å². The van der Waals surface area contributed by atoms with Crippen LogP contribution in [0.15, 0.2) is 36.4 Å². The first-order valence-corrected chi connectivity index (χ1v) is 6.56. The zero-order valence-corrected chi connectivity index (χ0v) is 12.2. The Hall–Kier alpha value is -1.22. The molecule has 0 spiro atoms. The third-order valence-electron chi connectivity index (χ3n) is 3.03. The third kappa shape index (κ3) is 3.03. The van der Waals surface area contributed by atoms with Crippen LogP contribution in [0.25, 0.3) is 0 Å². The Morgan fingerprint density at radius 1 is 1.05 bits per heavy atom. The number of rotatable bonds is 3. The molecule has 0 saturated heterocycles. The number of methoxy groups -OCH3 is 1. The van der Waals surface area contributed by atoms with E-state index in [4.69, 9.17) is 27.9 Å². The molecule has 100 valence electrons. The van der Waals surface area contributed by atoms with Crippen molar-refractivity contribution in [3.63, 3.8) is 0 Å². The molecule has 0 bridgehead atoms. The molecule has 2 nitrogen and oxygen atoms in total. The number of hydrogen-bond donors (Lipinski definition) is 1. The highest BCUT2D eigenvalue weighted by Crippen LogP contribution is 2.31. The van der Waals surface area contributed by atoms with Crippen molar-refractivity contribution < 1.29 is 9.84 Å². The van der Waals surface area contributed by atoms with Crippen LogP contribution in [0.2, 0.25) is 10.0 Å². The second kappa shape index (κ2) is 5.83. The lowest BCUT2D eigenvalue weighted by Gasteiger charge is -2.15. The second-order valence-electron chi connectivity index (χ2n) is 4.30. The highest BCUT2D eigenvalue weighted by molar-refractivity contribution is 6.42. The molecule has 0 aliphatic heterocycles. The smallest absolute Gasteiger partial charge is 0.119 e. The highest BCUT2D eigenvalue weighted by Gasteiger charge is 2.14. The number of aliphatic hydroxyl groups excluding tert-OH is 1. The van der Waals surface area contributed by atoms with Crippen molar-refractivity contribution in [3.05, 3.63) is 63.1 Å². The second-order valence-corrected chi connectivity index (χ2v) is 5.11. The Kier molecular flexibility index (Phi) is 4.35. The molecule has 2 rings (SSSR count). The molecule has 0 radical (unpaired) electrons. The lowest BCUT2D eigenvalue weighted by atomic mass is 9.97. The average Bonchev–Trinajstić information content (AvgIpc) is 2.41. The molecular formula is C15H14Cl2O2. The Balaban J connectivity index is 2.38. The van der Waals surface area contributed by atoms with E-state index >= 15 is 0 Å². The van der Waals surface area contributed by atoms with Crippen LogP contribution in [-0.2, 0) is 0 Å². The molecule has 1 atom stereocenters. The van der Waals surface area contributed by atoms with Crippen LogP contribution >= 0.6 is 23.2 Å². The van der Waals surface area contributed by atoms with E-state index in [1.54, 1.807) is 25.3 Å². The summed E-state index contributed by atoms with van der Waals surface area (Å²) in [5, 5.41) is 11.3. The average molecular weight is 297 g/mol. The van der Waals surface area contributed by atoms with Crippen LogP contribution < -0.4 is 4.74 Å². The minimum atomic E-state index is -0.735. The first-order chi connectivity index (χ1) is 9.02. The first-order valence-electron chi connectivity index (χ1n) is 5.80. The number of ether oxygens (including phenoxy) is 1. The summed E-state index contributed by atoms with van der Waals surface area (Å²) in [6.07, 6.45) is -0.735. The van der Waals surface area contributed by atoms with Gasteiger partial charge >= 0.3 is 0 Å². The van der Waals surface area contributed by atoms with E-state index in [1.807, 2.05) is 25.1 Å². The molecule has 0 amide bonds. The zero-order valence-electron chi connectivity index (χ0n) is 10.7. The van der Waals surface area contributed by atoms with Gasteiger partial charge in [0, 0.05) is 0 Å². The molecule has 19 heavy (non-hydrogen) atoms. The van der Waals surface area contributed by atoms with E-state index < -0.39 is 6.10 Å². The molecule has 0 saturated carbocycles. The quantitative estimate of drug-likeness (QED) is 0.910. The van der Waals surface area contributed by atoms with Gasteiger partial charge < -0.3 is 9.84 Å². The number of aliphatic hydroxyl groups is 1. The van der Waals surface area contributed by atoms with Crippen LogP contribution in [0.4, 0.5) is 0 Å². The van der Waals surface area contributed by atoms with Crippen LogP contribution in [0.5, 0.6) is 5.75 Å². The van der Waals surface area contributed by atoms with Gasteiger partial charge in [0.2, 0.25) is 0 Å². The molecule has 1 unspecified atom stereocenters. The predicted molar refractivity (Wildman–Crippen MR) is 78.3 cm³/mol. The van der Waals surface area contributed by atoms with Crippen molar-refractivity contribution in [2.45, 2.75) is 13.0 Å². The molecule has 4 heteroatoms. The van der Waals surface area contributed by atoms with Gasteiger partial charge in [0.25, 0.3) is 0 Å². The van der Waals surface area contributed by atoms with Crippen LogP contribution in [0.3, 0.4) is 0 Å². The summed E-state index contributed by atoms with van der Waals surface area (Å²) >= 11 is 11.8. The Labute approximate surface area is 122 Å². The fourth-order valence-electron chi connectivity index (χ4n) is 1.94. The summed E-state index contributed by atoms with van der Waals surface area (Å²) in [5.41, 5.74) is 2.49. The van der Waals surface area contributed by atoms with Crippen molar-refractivity contribution in [2.24, 2.45) is 0 Å². The van der Waals surface area contributed by atoms with Crippen LogP contribution in [0, 0.1) is 6.92 Å². The van der Waals surface area contributed by atoms with E-state index in [9.17, 15) is 5.11 Å². The molecule has 0 aliphatic carbocycles. The topological polar surface area (TPSA) is 29.5 Å². The standard InChI is InChI=1S/C15H14Cl2O2/c1-9-7-11(19-2)4-5-12(9)15(18)10-3-6-13(16)14(17)8-10/h3-8,15,18H,1-2H3. The van der Waals surface area contributed by atoms with Gasteiger partial charge in [-0.1, -0.05) is 35.3 Å². The third-order valence-corrected chi connectivity index (χ3v) is 3.77. The number of aryl methyl sites for hydroxylation is 1. The molecular weight excluding hydrogens is 283 g/mol. The fraction of sp³-hybridized carbons (Fsp3) is 0.200. The van der Waals surface area contributed by atoms with E-state index in [2.05, 4.69) is 0 Å². The molecule has 1 N–H and O–H groups in total. The van der Waals surface area contributed by atoms with Gasteiger partial charge in [0.05, 0.1) is 17.2 Å². The number of hydrogen-bond acceptors (Lipinski definition) is 2. The minimum absolute atomic E-state index is 0.435. The normalized spacial score (nSPS) is 12.3. The molecule has 0 fully saturated rings. The molecule has 0 heterocycles. The Bertz CT molecular complexity index is 597. The minimum Gasteiger partial charge on any atom is -0.497 e. The lowest BCUT2D eigenvalue weighted by molar-refractivity contribution is 0.219. The summed E-state index contributed by atoms with van der Waals surface area (Å²) < 4.78 is 5.15. The van der Waals surface area contributed by atoms with Crippen molar-refractivity contribution >= 4 is 23.2 Å². The predicted octanol–water partition coefficient (Wildman–Crippen LogP) is 4.39. The summed E-state index contributed by atoms with van der Waals surface area (Å²) in [6.45, 7) is 1.93. The first kappa shape index (κ1) is 14.2. The van der Waals surface area contributed by atoms with Gasteiger partial charge in [-0.2, -0.15) is 0 Å². The van der Waals surface area contributed by atoms with E-state index in [1.165, 1.54) is 0 Å². The molecule has 0 aromatic heterocycles. The van der Waals surface area contributed by atoms with Gasteiger partial charge in [-0.3, -0.25) is 0 Å². The van der Waals surface area contributed by atoms with Gasteiger partial charge in [0.15, 0.2) is 0 Å². The lowest BCUT2D eigenvalue weighted by Crippen LogP contribution is -2.02. The number of benzene rings is 2. The SMILES string of the molecule is COc1ccc(C(O)c2ccc(Cl)c(Cl)c2)c(C)c1. The van der Waals surface area contributed by atoms with Crippen molar-refractivity contribution in [1.29, 1.82) is 0 Å². The highest BCUT2D eigenvalue weighted by atomic mass is 35.5. The summed E-state index contributed by atoms with van der Waals surface area (Å²) in [7, 11) is 1.61. The maximum atomic E-state index is 10.4. The largest absolute Gasteiger partial charge is 0.497 e. The van der Waals surface area contributed by atoms with Crippen molar-refractivity contribution in [3.8, 4) is 5.75 Å². The molecule has 0 aliphatic rings. The summed E-state index contributed by atoms with van der Waals surface area (Å²) in [4.78, 5) is 0. The van der Waals surface area contributed by atoms with Crippen molar-refractivity contribution in [2.75, 3.05) is 7.11 Å². The molecule has 2 aromatic rings. The van der Waals surface area contributed by atoms with E-state index in [-0.39, 0.29) is 0 Å². The van der Waals surface area contributed by atoms with Gasteiger partial charge in [-0.25, -0.2) is 0 Å². The zero-order chi connectivity index (χ0) is 14.0. The fourth-order valence-corrected chi connectivity index (χ4v) is 2.25. The van der Waals surface area contributed by atoms with Gasteiger partial charge in [0.1, 0.15) is 11.9 Å². The van der Waals surface area contributed by atoms with Crippen LogP contribution in [0.1, 0.15) is 22.8 Å². The van der Waals surface area contributed by atoms with Crippen molar-refractivity contribution in [1.82, 2.24) is 0 Å². The molecule has 2 aromatic carbocycles. The van der Waals surface area contributed by atoms with Crippen LogP contribution in [-0.4, -0.2) is 12.2 Å². The maximum absolute atomic E-state index is 10.4. The Morgan fingerprint density at radius 3 is 2.37 bits per heavy atom. The summed E-state index contributed by atoms with van der Waals surface area (Å²) in [6, 6.07) is 10.7. The van der Waals surface area contributed by atoms with Gasteiger partial charge in [-0.05, 0) is 47.9 Å². The maximum Gasteiger partial charge on any atom is 0.119 e. The Morgan fingerprint density at radius 2 is 1.79 bits per heavy atom. The summed E-state index contributed by atoms with van der Waals surface area (Å²) in [5.74, 6) is 0.766. The monoisotopic (exact) mass is 296 g/mol. The number of halogens is 2. The van der Waals surface area contributed by atoms with E-state index in [0.717, 1.165) is 16.9 Å².